The minimum Gasteiger partial charge on any atom is -0.497 e. The number of methoxy groups -OCH3 is 1. The zero-order valence-electron chi connectivity index (χ0n) is 12.4. The van der Waals surface area contributed by atoms with E-state index in [-0.39, 0.29) is 0 Å². The Bertz CT molecular complexity index is 486. The second-order valence-corrected chi connectivity index (χ2v) is 10.2. The van der Waals surface area contributed by atoms with Gasteiger partial charge in [0, 0.05) is 0 Å². The molecule has 0 radical (unpaired) electrons. The van der Waals surface area contributed by atoms with Crippen LogP contribution < -0.4 is 9.92 Å². The molecule has 1 aliphatic rings. The molecule has 0 spiro atoms. The van der Waals surface area contributed by atoms with E-state index in [1.54, 1.807) is 7.11 Å². The van der Waals surface area contributed by atoms with E-state index in [0.717, 1.165) is 5.75 Å². The highest BCUT2D eigenvalue weighted by atomic mass is 28.3. The molecule has 0 N–H and O–H groups in total. The summed E-state index contributed by atoms with van der Waals surface area (Å²) in [5.74, 6) is 1.12. The summed E-state index contributed by atoms with van der Waals surface area (Å²) in [6, 6.07) is 9.13. The van der Waals surface area contributed by atoms with Gasteiger partial charge in [-0.1, -0.05) is 68.4 Å². The van der Waals surface area contributed by atoms with Crippen molar-refractivity contribution in [2.24, 2.45) is 0 Å². The number of aryl methyl sites for hydroxylation is 1. The van der Waals surface area contributed by atoms with Gasteiger partial charge in [0.1, 0.15) is 13.8 Å². The van der Waals surface area contributed by atoms with Gasteiger partial charge < -0.3 is 4.74 Å². The molecule has 1 aromatic rings. The average Bonchev–Trinajstić information content (AvgIpc) is 2.96. The zero-order valence-corrected chi connectivity index (χ0v) is 13.4. The zero-order chi connectivity index (χ0) is 13.9. The van der Waals surface area contributed by atoms with Crippen molar-refractivity contribution in [3.8, 4) is 5.75 Å². The SMILES string of the molecule is CC[Si](CC)(c1cccc(C)c1OC)C1C=CC=C1. The molecule has 2 rings (SSSR count). The van der Waals surface area contributed by atoms with Crippen molar-refractivity contribution in [1.29, 1.82) is 0 Å². The Balaban J connectivity index is 2.59. The summed E-state index contributed by atoms with van der Waals surface area (Å²) in [7, 11) is 0.220. The number of benzene rings is 1. The summed E-state index contributed by atoms with van der Waals surface area (Å²) >= 11 is 0. The molecule has 2 heteroatoms. The predicted molar refractivity (Wildman–Crippen MR) is 86.1 cm³/mol. The van der Waals surface area contributed by atoms with Gasteiger partial charge in [-0.15, -0.1) is 0 Å². The largest absolute Gasteiger partial charge is 0.497 e. The second-order valence-electron chi connectivity index (χ2n) is 5.31. The van der Waals surface area contributed by atoms with E-state index in [4.69, 9.17) is 4.74 Å². The molecule has 0 bridgehead atoms. The van der Waals surface area contributed by atoms with Crippen molar-refractivity contribution in [3.63, 3.8) is 0 Å². The van der Waals surface area contributed by atoms with Crippen LogP contribution in [0.15, 0.2) is 42.5 Å². The number of para-hydroxylation sites is 1. The number of rotatable bonds is 5. The van der Waals surface area contributed by atoms with Crippen LogP contribution in [-0.2, 0) is 0 Å². The third-order valence-electron chi connectivity index (χ3n) is 4.60. The highest BCUT2D eigenvalue weighted by molar-refractivity contribution is 6.94. The quantitative estimate of drug-likeness (QED) is 0.730. The molecular formula is C17H24OSi. The number of hydrogen-bond donors (Lipinski definition) is 0. The van der Waals surface area contributed by atoms with Crippen LogP contribution in [-0.4, -0.2) is 15.2 Å². The molecule has 19 heavy (non-hydrogen) atoms. The fourth-order valence-corrected chi connectivity index (χ4v) is 8.10. The molecule has 0 aliphatic heterocycles. The van der Waals surface area contributed by atoms with Crippen LogP contribution in [0.2, 0.25) is 17.6 Å². The number of ether oxygens (including phenoxy) is 1. The van der Waals surface area contributed by atoms with Crippen LogP contribution in [0, 0.1) is 6.92 Å². The first-order chi connectivity index (χ1) is 9.19. The van der Waals surface area contributed by atoms with E-state index in [9.17, 15) is 0 Å². The van der Waals surface area contributed by atoms with Gasteiger partial charge in [0.15, 0.2) is 0 Å². The summed E-state index contributed by atoms with van der Waals surface area (Å²) in [5, 5.41) is 1.49. The van der Waals surface area contributed by atoms with E-state index in [0.29, 0.717) is 5.54 Å². The molecule has 0 aromatic heterocycles. The minimum absolute atomic E-state index is 0.609. The molecule has 0 fully saturated rings. The van der Waals surface area contributed by atoms with Gasteiger partial charge in [-0.2, -0.15) is 0 Å². The van der Waals surface area contributed by atoms with Gasteiger partial charge in [0.05, 0.1) is 7.11 Å². The molecular weight excluding hydrogens is 248 g/mol. The summed E-state index contributed by atoms with van der Waals surface area (Å²) in [5.41, 5.74) is 1.86. The van der Waals surface area contributed by atoms with Gasteiger partial charge in [0.2, 0.25) is 0 Å². The van der Waals surface area contributed by atoms with Gasteiger partial charge in [-0.3, -0.25) is 0 Å². The summed E-state index contributed by atoms with van der Waals surface area (Å²) in [6.45, 7) is 6.84. The van der Waals surface area contributed by atoms with Crippen LogP contribution in [0.4, 0.5) is 0 Å². The highest BCUT2D eigenvalue weighted by Crippen LogP contribution is 2.37. The van der Waals surface area contributed by atoms with Gasteiger partial charge in [-0.05, 0) is 23.2 Å². The maximum absolute atomic E-state index is 5.73. The van der Waals surface area contributed by atoms with Crippen LogP contribution in [0.1, 0.15) is 19.4 Å². The van der Waals surface area contributed by atoms with Crippen molar-refractivity contribution in [1.82, 2.24) is 0 Å². The van der Waals surface area contributed by atoms with Gasteiger partial charge in [0.25, 0.3) is 0 Å². The second kappa shape index (κ2) is 5.79. The molecule has 0 heterocycles. The van der Waals surface area contributed by atoms with Crippen LogP contribution >= 0.6 is 0 Å². The topological polar surface area (TPSA) is 9.23 Å². The van der Waals surface area contributed by atoms with E-state index < -0.39 is 8.07 Å². The molecule has 0 unspecified atom stereocenters. The maximum Gasteiger partial charge on any atom is 0.121 e. The predicted octanol–water partition coefficient (Wildman–Crippen LogP) is 4.20. The molecule has 102 valence electrons. The first-order valence-electron chi connectivity index (χ1n) is 7.18. The fraction of sp³-hybridized carbons (Fsp3) is 0.412. The Labute approximate surface area is 118 Å². The smallest absolute Gasteiger partial charge is 0.121 e. The molecule has 0 saturated heterocycles. The normalized spacial score (nSPS) is 15.2. The lowest BCUT2D eigenvalue weighted by Gasteiger charge is -2.35. The Kier molecular flexibility index (Phi) is 4.30. The summed E-state index contributed by atoms with van der Waals surface area (Å²) in [6.07, 6.45) is 9.14. The Hall–Kier alpha value is -1.28. The first kappa shape index (κ1) is 14.1. The Morgan fingerprint density at radius 1 is 1.11 bits per heavy atom. The van der Waals surface area contributed by atoms with Gasteiger partial charge >= 0.3 is 0 Å². The fourth-order valence-electron chi connectivity index (χ4n) is 3.40. The van der Waals surface area contributed by atoms with Crippen LogP contribution in [0.3, 0.4) is 0 Å². The molecule has 1 aliphatic carbocycles. The number of hydrogen-bond acceptors (Lipinski definition) is 1. The monoisotopic (exact) mass is 272 g/mol. The van der Waals surface area contributed by atoms with E-state index in [1.807, 2.05) is 0 Å². The van der Waals surface area contributed by atoms with Crippen molar-refractivity contribution >= 4 is 13.3 Å². The molecule has 0 atom stereocenters. The average molecular weight is 272 g/mol. The first-order valence-corrected chi connectivity index (χ1v) is 9.67. The standard InChI is InChI=1S/C17H24OSi/c1-5-19(6-2,15-11-7-8-12-15)16-13-9-10-14(3)17(16)18-4/h7-13,15H,5-6H2,1-4H3. The maximum atomic E-state index is 5.73. The van der Waals surface area contributed by atoms with Crippen molar-refractivity contribution in [2.75, 3.05) is 7.11 Å². The Morgan fingerprint density at radius 2 is 1.74 bits per heavy atom. The molecule has 0 amide bonds. The lowest BCUT2D eigenvalue weighted by atomic mass is 10.2. The molecule has 1 aromatic carbocycles. The molecule has 1 nitrogen and oxygen atoms in total. The summed E-state index contributed by atoms with van der Waals surface area (Å²) in [4.78, 5) is 0. The lowest BCUT2D eigenvalue weighted by Crippen LogP contribution is -2.50. The van der Waals surface area contributed by atoms with Crippen molar-refractivity contribution < 1.29 is 4.74 Å². The van der Waals surface area contributed by atoms with Crippen molar-refractivity contribution in [3.05, 3.63) is 48.1 Å². The Morgan fingerprint density at radius 3 is 2.26 bits per heavy atom. The van der Waals surface area contributed by atoms with E-state index >= 15 is 0 Å². The highest BCUT2D eigenvalue weighted by Gasteiger charge is 2.40. The summed E-state index contributed by atoms with van der Waals surface area (Å²) < 4.78 is 5.73. The van der Waals surface area contributed by atoms with E-state index in [2.05, 4.69) is 63.3 Å². The molecule has 0 saturated carbocycles. The van der Waals surface area contributed by atoms with Crippen LogP contribution in [0.5, 0.6) is 5.75 Å². The number of allylic oxidation sites excluding steroid dienone is 4. The minimum atomic E-state index is -1.58. The van der Waals surface area contributed by atoms with Crippen LogP contribution in [0.25, 0.3) is 0 Å². The van der Waals surface area contributed by atoms with Crippen molar-refractivity contribution in [2.45, 2.75) is 38.4 Å². The third-order valence-corrected chi connectivity index (χ3v) is 10.3. The van der Waals surface area contributed by atoms with Gasteiger partial charge in [-0.25, -0.2) is 0 Å². The lowest BCUT2D eigenvalue weighted by molar-refractivity contribution is 0.414. The van der Waals surface area contributed by atoms with E-state index in [1.165, 1.54) is 22.8 Å². The third kappa shape index (κ3) is 2.30.